The molecule has 0 saturated heterocycles. The highest BCUT2D eigenvalue weighted by Gasteiger charge is 2.18. The Morgan fingerprint density at radius 1 is 1.59 bits per heavy atom. The first-order chi connectivity index (χ1) is 7.97. The van der Waals surface area contributed by atoms with Crippen molar-refractivity contribution in [1.82, 2.24) is 9.71 Å². The average molecular weight is 259 g/mol. The van der Waals surface area contributed by atoms with Gasteiger partial charge in [-0.25, -0.2) is 18.1 Å². The highest BCUT2D eigenvalue weighted by Crippen LogP contribution is 2.14. The summed E-state index contributed by atoms with van der Waals surface area (Å²) in [4.78, 5) is 3.64. The van der Waals surface area contributed by atoms with E-state index >= 15 is 0 Å². The second-order valence-electron chi connectivity index (χ2n) is 3.68. The minimum Gasteiger partial charge on any atom is -0.392 e. The molecule has 0 saturated carbocycles. The van der Waals surface area contributed by atoms with Crippen LogP contribution in [0.25, 0.3) is 0 Å². The van der Waals surface area contributed by atoms with E-state index in [1.54, 1.807) is 0 Å². The largest absolute Gasteiger partial charge is 0.392 e. The lowest BCUT2D eigenvalue weighted by Crippen LogP contribution is -2.32. The first-order valence-electron chi connectivity index (χ1n) is 5.35. The quantitative estimate of drug-likeness (QED) is 0.672. The van der Waals surface area contributed by atoms with E-state index in [-0.39, 0.29) is 17.3 Å². The average Bonchev–Trinajstić information content (AvgIpc) is 2.27. The van der Waals surface area contributed by atoms with Crippen molar-refractivity contribution < 1.29 is 13.5 Å². The van der Waals surface area contributed by atoms with Crippen LogP contribution in [0, 0.1) is 0 Å². The maximum absolute atomic E-state index is 11.8. The Labute approximate surface area is 101 Å². The summed E-state index contributed by atoms with van der Waals surface area (Å²) in [7, 11) is -3.70. The van der Waals surface area contributed by atoms with Crippen molar-refractivity contribution in [2.75, 3.05) is 12.3 Å². The normalized spacial score (nSPS) is 13.5. The van der Waals surface area contributed by atoms with Gasteiger partial charge in [0.15, 0.2) is 0 Å². The molecule has 6 nitrogen and oxygen atoms in total. The number of aromatic nitrogens is 1. The Morgan fingerprint density at radius 3 is 2.88 bits per heavy atom. The molecule has 1 atom stereocenters. The molecule has 0 aliphatic heterocycles. The van der Waals surface area contributed by atoms with Crippen molar-refractivity contribution in [3.05, 3.63) is 18.3 Å². The summed E-state index contributed by atoms with van der Waals surface area (Å²) in [5, 5.41) is 9.45. The monoisotopic (exact) mass is 259 g/mol. The standard InChI is InChI=1S/C10H17N3O3S/c1-2-4-8(14)7-13-17(15,16)9-5-3-6-12-10(9)11/h3,5-6,8,13-14H,2,4,7H2,1H3,(H2,11,12). The van der Waals surface area contributed by atoms with Gasteiger partial charge in [-0.05, 0) is 18.6 Å². The number of hydrogen-bond donors (Lipinski definition) is 3. The van der Waals surface area contributed by atoms with Crippen molar-refractivity contribution in [1.29, 1.82) is 0 Å². The van der Waals surface area contributed by atoms with Crippen molar-refractivity contribution in [2.45, 2.75) is 30.8 Å². The maximum Gasteiger partial charge on any atom is 0.244 e. The number of nitrogens with one attached hydrogen (secondary N) is 1. The van der Waals surface area contributed by atoms with E-state index in [1.165, 1.54) is 18.3 Å². The molecule has 1 heterocycles. The fraction of sp³-hybridized carbons (Fsp3) is 0.500. The number of nitrogens with two attached hydrogens (primary N) is 1. The van der Waals surface area contributed by atoms with Crippen LogP contribution in [-0.2, 0) is 10.0 Å². The molecule has 0 radical (unpaired) electrons. The SMILES string of the molecule is CCCC(O)CNS(=O)(=O)c1cccnc1N. The molecule has 1 aromatic rings. The lowest BCUT2D eigenvalue weighted by atomic mass is 10.2. The van der Waals surface area contributed by atoms with E-state index < -0.39 is 16.1 Å². The lowest BCUT2D eigenvalue weighted by Gasteiger charge is -2.11. The number of aliphatic hydroxyl groups excluding tert-OH is 1. The van der Waals surface area contributed by atoms with Gasteiger partial charge in [0.05, 0.1) is 6.10 Å². The van der Waals surface area contributed by atoms with Crippen molar-refractivity contribution in [3.63, 3.8) is 0 Å². The summed E-state index contributed by atoms with van der Waals surface area (Å²) in [6, 6.07) is 2.87. The van der Waals surface area contributed by atoms with Gasteiger partial charge in [0, 0.05) is 12.7 Å². The first-order valence-corrected chi connectivity index (χ1v) is 6.84. The maximum atomic E-state index is 11.8. The van der Waals surface area contributed by atoms with Crippen LogP contribution in [0.5, 0.6) is 0 Å². The molecule has 7 heteroatoms. The minimum atomic E-state index is -3.70. The zero-order chi connectivity index (χ0) is 12.9. The molecule has 0 amide bonds. The van der Waals surface area contributed by atoms with E-state index in [4.69, 9.17) is 5.73 Å². The van der Waals surface area contributed by atoms with Gasteiger partial charge in [0.25, 0.3) is 0 Å². The summed E-state index contributed by atoms with van der Waals surface area (Å²) >= 11 is 0. The van der Waals surface area contributed by atoms with Gasteiger partial charge in [-0.15, -0.1) is 0 Å². The van der Waals surface area contributed by atoms with Gasteiger partial charge in [0.1, 0.15) is 10.7 Å². The molecule has 17 heavy (non-hydrogen) atoms. The summed E-state index contributed by atoms with van der Waals surface area (Å²) < 4.78 is 25.9. The van der Waals surface area contributed by atoms with Crippen LogP contribution < -0.4 is 10.5 Å². The van der Waals surface area contributed by atoms with Gasteiger partial charge < -0.3 is 10.8 Å². The van der Waals surface area contributed by atoms with Gasteiger partial charge in [-0.1, -0.05) is 13.3 Å². The minimum absolute atomic E-state index is 0.0233. The third-order valence-electron chi connectivity index (χ3n) is 2.22. The van der Waals surface area contributed by atoms with Crippen LogP contribution in [0.15, 0.2) is 23.2 Å². The van der Waals surface area contributed by atoms with Crippen LogP contribution in [0.4, 0.5) is 5.82 Å². The third kappa shape index (κ3) is 3.95. The van der Waals surface area contributed by atoms with E-state index in [0.29, 0.717) is 6.42 Å². The Kier molecular flexibility index (Phi) is 4.86. The molecule has 0 aromatic carbocycles. The molecule has 0 bridgehead atoms. The first kappa shape index (κ1) is 13.9. The molecule has 96 valence electrons. The molecule has 1 unspecified atom stereocenters. The second kappa shape index (κ2) is 5.95. The van der Waals surface area contributed by atoms with Crippen molar-refractivity contribution in [3.8, 4) is 0 Å². The number of sulfonamides is 1. The van der Waals surface area contributed by atoms with Crippen LogP contribution in [0.3, 0.4) is 0 Å². The molecule has 0 fully saturated rings. The van der Waals surface area contributed by atoms with Crippen LogP contribution in [-0.4, -0.2) is 31.2 Å². The number of anilines is 1. The fourth-order valence-corrected chi connectivity index (χ4v) is 2.50. The van der Waals surface area contributed by atoms with Gasteiger partial charge in [-0.3, -0.25) is 0 Å². The van der Waals surface area contributed by atoms with Gasteiger partial charge >= 0.3 is 0 Å². The molecular weight excluding hydrogens is 242 g/mol. The summed E-state index contributed by atoms with van der Waals surface area (Å²) in [5.41, 5.74) is 5.48. The Bertz CT molecular complexity index is 462. The zero-order valence-corrected chi connectivity index (χ0v) is 10.4. The van der Waals surface area contributed by atoms with Crippen LogP contribution in [0.2, 0.25) is 0 Å². The number of rotatable bonds is 6. The van der Waals surface area contributed by atoms with Gasteiger partial charge in [0.2, 0.25) is 10.0 Å². The van der Waals surface area contributed by atoms with Crippen molar-refractivity contribution >= 4 is 15.8 Å². The fourth-order valence-electron chi connectivity index (χ4n) is 1.35. The summed E-state index contributed by atoms with van der Waals surface area (Å²) in [6.07, 6.45) is 2.07. The number of pyridine rings is 1. The molecule has 4 N–H and O–H groups in total. The molecule has 0 aliphatic carbocycles. The molecule has 1 rings (SSSR count). The topological polar surface area (TPSA) is 105 Å². The Balaban J connectivity index is 2.73. The summed E-state index contributed by atoms with van der Waals surface area (Å²) in [6.45, 7) is 1.89. The van der Waals surface area contributed by atoms with Crippen LogP contribution >= 0.6 is 0 Å². The second-order valence-corrected chi connectivity index (χ2v) is 5.42. The molecule has 0 spiro atoms. The highest BCUT2D eigenvalue weighted by molar-refractivity contribution is 7.89. The molecule has 1 aromatic heterocycles. The predicted molar refractivity (Wildman–Crippen MR) is 64.8 cm³/mol. The Morgan fingerprint density at radius 2 is 2.29 bits per heavy atom. The van der Waals surface area contributed by atoms with E-state index in [0.717, 1.165) is 6.42 Å². The highest BCUT2D eigenvalue weighted by atomic mass is 32.2. The number of nitrogens with zero attached hydrogens (tertiary/aromatic N) is 1. The van der Waals surface area contributed by atoms with E-state index in [1.807, 2.05) is 6.92 Å². The molecule has 0 aliphatic rings. The van der Waals surface area contributed by atoms with E-state index in [2.05, 4.69) is 9.71 Å². The number of aliphatic hydroxyl groups is 1. The predicted octanol–water partition coefficient (Wildman–Crippen LogP) is 0.103. The number of hydrogen-bond acceptors (Lipinski definition) is 5. The lowest BCUT2D eigenvalue weighted by molar-refractivity contribution is 0.167. The summed E-state index contributed by atoms with van der Waals surface area (Å²) in [5.74, 6) is -0.0509. The van der Waals surface area contributed by atoms with E-state index in [9.17, 15) is 13.5 Å². The Hall–Kier alpha value is -1.18. The zero-order valence-electron chi connectivity index (χ0n) is 9.63. The smallest absolute Gasteiger partial charge is 0.244 e. The van der Waals surface area contributed by atoms with Crippen LogP contribution in [0.1, 0.15) is 19.8 Å². The third-order valence-corrected chi connectivity index (χ3v) is 3.69. The van der Waals surface area contributed by atoms with Gasteiger partial charge in [-0.2, -0.15) is 0 Å². The number of nitrogen functional groups attached to an aromatic ring is 1. The molecular formula is C10H17N3O3S. The van der Waals surface area contributed by atoms with Crippen molar-refractivity contribution in [2.24, 2.45) is 0 Å².